The summed E-state index contributed by atoms with van der Waals surface area (Å²) >= 11 is 5.94. The molecule has 0 aromatic heterocycles. The predicted molar refractivity (Wildman–Crippen MR) is 63.0 cm³/mol. The Morgan fingerprint density at radius 3 is 2.76 bits per heavy atom. The quantitative estimate of drug-likeness (QED) is 0.838. The van der Waals surface area contributed by atoms with Crippen molar-refractivity contribution < 1.29 is 19.4 Å². The number of aliphatic carboxylic acids is 1. The second-order valence-corrected chi connectivity index (χ2v) is 4.49. The maximum Gasteiger partial charge on any atom is 0.304 e. The van der Waals surface area contributed by atoms with Crippen LogP contribution in [0.5, 0.6) is 11.5 Å². The van der Waals surface area contributed by atoms with Gasteiger partial charge in [0.1, 0.15) is 13.2 Å². The molecule has 92 valence electrons. The van der Waals surface area contributed by atoms with Crippen molar-refractivity contribution >= 4 is 17.6 Å². The van der Waals surface area contributed by atoms with Crippen molar-refractivity contribution in [3.05, 3.63) is 23.8 Å². The lowest BCUT2D eigenvalue weighted by atomic mass is 10.1. The van der Waals surface area contributed by atoms with E-state index in [1.165, 1.54) is 0 Å². The molecule has 0 amide bonds. The number of hydrogen-bond donors (Lipinski definition) is 1. The SMILES string of the molecule is O=C(O)CC(Cl)Cc1ccc2c(c1)OCCO2. The van der Waals surface area contributed by atoms with Gasteiger partial charge in [-0.15, -0.1) is 11.6 Å². The zero-order valence-corrected chi connectivity index (χ0v) is 9.94. The van der Waals surface area contributed by atoms with Gasteiger partial charge in [0.2, 0.25) is 0 Å². The van der Waals surface area contributed by atoms with Crippen LogP contribution in [0.25, 0.3) is 0 Å². The van der Waals surface area contributed by atoms with Crippen molar-refractivity contribution in [2.45, 2.75) is 18.2 Å². The standard InChI is InChI=1S/C12H13ClO4/c13-9(7-12(14)15)5-8-1-2-10-11(6-8)17-4-3-16-10/h1-2,6,9H,3-5,7H2,(H,14,15). The number of carbonyl (C=O) groups is 1. The molecule has 17 heavy (non-hydrogen) atoms. The van der Waals surface area contributed by atoms with Gasteiger partial charge in [-0.05, 0) is 24.1 Å². The number of rotatable bonds is 4. The van der Waals surface area contributed by atoms with Crippen molar-refractivity contribution in [1.29, 1.82) is 0 Å². The summed E-state index contributed by atoms with van der Waals surface area (Å²) in [6.07, 6.45) is 0.459. The summed E-state index contributed by atoms with van der Waals surface area (Å²) in [6.45, 7) is 1.10. The molecule has 0 saturated heterocycles. The normalized spacial score (nSPS) is 15.4. The second-order valence-electron chi connectivity index (χ2n) is 3.88. The number of ether oxygens (including phenoxy) is 2. The summed E-state index contributed by atoms with van der Waals surface area (Å²) in [5, 5.41) is 8.22. The first-order valence-electron chi connectivity index (χ1n) is 5.39. The molecule has 1 N–H and O–H groups in total. The van der Waals surface area contributed by atoms with Gasteiger partial charge >= 0.3 is 5.97 Å². The Morgan fingerprint density at radius 1 is 1.35 bits per heavy atom. The summed E-state index contributed by atoms with van der Waals surface area (Å²) in [7, 11) is 0. The molecule has 1 unspecified atom stereocenters. The highest BCUT2D eigenvalue weighted by molar-refractivity contribution is 6.21. The lowest BCUT2D eigenvalue weighted by molar-refractivity contribution is -0.137. The number of alkyl halides is 1. The van der Waals surface area contributed by atoms with E-state index < -0.39 is 11.3 Å². The highest BCUT2D eigenvalue weighted by Crippen LogP contribution is 2.31. The number of halogens is 1. The lowest BCUT2D eigenvalue weighted by Gasteiger charge is -2.19. The highest BCUT2D eigenvalue weighted by atomic mass is 35.5. The molecule has 1 aliphatic heterocycles. The molecule has 4 nitrogen and oxygen atoms in total. The molecule has 2 rings (SSSR count). The smallest absolute Gasteiger partial charge is 0.304 e. The van der Waals surface area contributed by atoms with Crippen LogP contribution in [0.4, 0.5) is 0 Å². The van der Waals surface area contributed by atoms with Gasteiger partial charge in [-0.1, -0.05) is 6.07 Å². The van der Waals surface area contributed by atoms with E-state index in [-0.39, 0.29) is 6.42 Å². The molecule has 5 heteroatoms. The van der Waals surface area contributed by atoms with E-state index >= 15 is 0 Å². The van der Waals surface area contributed by atoms with Crippen molar-refractivity contribution in [2.24, 2.45) is 0 Å². The Morgan fingerprint density at radius 2 is 2.06 bits per heavy atom. The van der Waals surface area contributed by atoms with E-state index in [2.05, 4.69) is 0 Å². The van der Waals surface area contributed by atoms with Crippen LogP contribution in [0.1, 0.15) is 12.0 Å². The maximum atomic E-state index is 10.5. The molecule has 0 radical (unpaired) electrons. The first-order chi connectivity index (χ1) is 8.15. The van der Waals surface area contributed by atoms with Crippen LogP contribution in [-0.4, -0.2) is 29.7 Å². The van der Waals surface area contributed by atoms with Crippen molar-refractivity contribution in [3.8, 4) is 11.5 Å². The molecule has 1 atom stereocenters. The minimum Gasteiger partial charge on any atom is -0.486 e. The number of fused-ring (bicyclic) bond motifs is 1. The van der Waals surface area contributed by atoms with Crippen LogP contribution >= 0.6 is 11.6 Å². The van der Waals surface area contributed by atoms with Gasteiger partial charge in [-0.2, -0.15) is 0 Å². The number of benzene rings is 1. The van der Waals surface area contributed by atoms with Crippen molar-refractivity contribution in [3.63, 3.8) is 0 Å². The maximum absolute atomic E-state index is 10.5. The van der Waals surface area contributed by atoms with Gasteiger partial charge in [0, 0.05) is 5.38 Å². The summed E-state index contributed by atoms with van der Waals surface area (Å²) in [5.41, 5.74) is 0.954. The predicted octanol–water partition coefficient (Wildman–Crippen LogP) is 2.08. The second kappa shape index (κ2) is 5.27. The zero-order valence-electron chi connectivity index (χ0n) is 9.19. The van der Waals surface area contributed by atoms with Crippen molar-refractivity contribution in [1.82, 2.24) is 0 Å². The van der Waals surface area contributed by atoms with Gasteiger partial charge in [-0.25, -0.2) is 0 Å². The number of hydrogen-bond acceptors (Lipinski definition) is 3. The Balaban J connectivity index is 2.04. The van der Waals surface area contributed by atoms with Gasteiger partial charge < -0.3 is 14.6 Å². The van der Waals surface area contributed by atoms with Gasteiger partial charge in [0.15, 0.2) is 11.5 Å². The minimum absolute atomic E-state index is 0.0456. The fourth-order valence-corrected chi connectivity index (χ4v) is 2.04. The van der Waals surface area contributed by atoms with Gasteiger partial charge in [0.25, 0.3) is 0 Å². The van der Waals surface area contributed by atoms with Gasteiger partial charge in [0.05, 0.1) is 6.42 Å². The Kier molecular flexibility index (Phi) is 3.74. The Hall–Kier alpha value is -1.42. The third-order valence-corrected chi connectivity index (χ3v) is 2.77. The Labute approximate surface area is 104 Å². The zero-order chi connectivity index (χ0) is 12.3. The fourth-order valence-electron chi connectivity index (χ4n) is 1.73. The molecule has 0 spiro atoms. The monoisotopic (exact) mass is 256 g/mol. The van der Waals surface area contributed by atoms with E-state index in [0.717, 1.165) is 11.3 Å². The first-order valence-corrected chi connectivity index (χ1v) is 5.83. The van der Waals surface area contributed by atoms with Gasteiger partial charge in [-0.3, -0.25) is 4.79 Å². The average molecular weight is 257 g/mol. The molecule has 1 aromatic rings. The molecule has 0 fully saturated rings. The molecular weight excluding hydrogens is 244 g/mol. The van der Waals surface area contributed by atoms with Crippen LogP contribution in [0.2, 0.25) is 0 Å². The van der Waals surface area contributed by atoms with E-state index in [1.54, 1.807) is 0 Å². The molecule has 0 bridgehead atoms. The summed E-state index contributed by atoms with van der Waals surface area (Å²) in [6, 6.07) is 5.56. The van der Waals surface area contributed by atoms with Crippen LogP contribution in [-0.2, 0) is 11.2 Å². The highest BCUT2D eigenvalue weighted by Gasteiger charge is 2.15. The molecular formula is C12H13ClO4. The lowest BCUT2D eigenvalue weighted by Crippen LogP contribution is -2.16. The number of carboxylic acids is 1. The van der Waals surface area contributed by atoms with Crippen LogP contribution in [0, 0.1) is 0 Å². The molecule has 1 heterocycles. The van der Waals surface area contributed by atoms with E-state index in [9.17, 15) is 4.79 Å². The topological polar surface area (TPSA) is 55.8 Å². The molecule has 0 aliphatic carbocycles. The third kappa shape index (κ3) is 3.27. The molecule has 1 aromatic carbocycles. The largest absolute Gasteiger partial charge is 0.486 e. The summed E-state index contributed by atoms with van der Waals surface area (Å²) < 4.78 is 10.8. The van der Waals surface area contributed by atoms with Crippen LogP contribution < -0.4 is 9.47 Å². The Bertz CT molecular complexity index is 419. The fraction of sp³-hybridized carbons (Fsp3) is 0.417. The molecule has 0 saturated carbocycles. The van der Waals surface area contributed by atoms with Crippen LogP contribution in [0.3, 0.4) is 0 Å². The average Bonchev–Trinajstić information content (AvgIpc) is 2.27. The summed E-state index contributed by atoms with van der Waals surface area (Å²) in [4.78, 5) is 10.5. The minimum atomic E-state index is -0.887. The first kappa shape index (κ1) is 12.0. The summed E-state index contributed by atoms with van der Waals surface area (Å²) in [5.74, 6) is 0.542. The van der Waals surface area contributed by atoms with E-state index in [1.807, 2.05) is 18.2 Å². The molecule has 1 aliphatic rings. The third-order valence-electron chi connectivity index (χ3n) is 2.46. The van der Waals surface area contributed by atoms with Crippen LogP contribution in [0.15, 0.2) is 18.2 Å². The number of carboxylic acid groups (broad SMARTS) is 1. The van der Waals surface area contributed by atoms with E-state index in [4.69, 9.17) is 26.2 Å². The van der Waals surface area contributed by atoms with E-state index in [0.29, 0.717) is 25.4 Å². The van der Waals surface area contributed by atoms with Crippen molar-refractivity contribution in [2.75, 3.05) is 13.2 Å².